The molecule has 32 heavy (non-hydrogen) atoms. The lowest BCUT2D eigenvalue weighted by Crippen LogP contribution is -2.50. The molecule has 2 heterocycles. The van der Waals surface area contributed by atoms with Crippen LogP contribution in [0.5, 0.6) is 0 Å². The van der Waals surface area contributed by atoms with Gasteiger partial charge in [0.05, 0.1) is 0 Å². The molecule has 0 bridgehead atoms. The van der Waals surface area contributed by atoms with Crippen LogP contribution in [0.1, 0.15) is 48.1 Å². The molecule has 0 aliphatic carbocycles. The van der Waals surface area contributed by atoms with E-state index in [1.807, 2.05) is 60.0 Å². The molecule has 7 heteroatoms. The van der Waals surface area contributed by atoms with Gasteiger partial charge in [0.2, 0.25) is 0 Å². The fourth-order valence-corrected chi connectivity index (χ4v) is 4.21. The predicted octanol–water partition coefficient (Wildman–Crippen LogP) is 3.37. The zero-order valence-electron chi connectivity index (χ0n) is 18.6. The summed E-state index contributed by atoms with van der Waals surface area (Å²) in [6.45, 7) is 7.03. The number of ether oxygens (including phenoxy) is 2. The van der Waals surface area contributed by atoms with Gasteiger partial charge in [-0.15, -0.1) is 0 Å². The van der Waals surface area contributed by atoms with Crippen LogP contribution in [0.2, 0.25) is 0 Å². The lowest BCUT2D eigenvalue weighted by Gasteiger charge is -2.35. The summed E-state index contributed by atoms with van der Waals surface area (Å²) in [5, 5.41) is 13.4. The summed E-state index contributed by atoms with van der Waals surface area (Å²) in [7, 11) is 0. The Morgan fingerprint density at radius 2 is 1.50 bits per heavy atom. The number of esters is 2. The topological polar surface area (TPSA) is 84.5 Å². The van der Waals surface area contributed by atoms with Crippen LogP contribution in [-0.2, 0) is 25.6 Å². The van der Waals surface area contributed by atoms with Crippen LogP contribution in [0.25, 0.3) is 0 Å². The summed E-state index contributed by atoms with van der Waals surface area (Å²) < 4.78 is 13.5. The van der Waals surface area contributed by atoms with E-state index < -0.39 is 29.6 Å². The lowest BCUT2D eigenvalue weighted by molar-refractivity contribution is -0.621. The number of carbonyl (C=O) groups is 2. The smallest absolute Gasteiger partial charge is 0.324 e. The highest BCUT2D eigenvalue weighted by Gasteiger charge is 2.51. The number of rotatable bonds is 5. The number of carbonyl (C=O) groups excluding carboxylic acids is 2. The second-order valence-electron chi connectivity index (χ2n) is 8.50. The largest absolute Gasteiger partial charge is 0.711 e. The highest BCUT2D eigenvalue weighted by Crippen LogP contribution is 2.38. The van der Waals surface area contributed by atoms with Gasteiger partial charge < -0.3 is 14.7 Å². The molecule has 1 saturated heterocycles. The lowest BCUT2D eigenvalue weighted by atomic mass is 9.84. The van der Waals surface area contributed by atoms with Crippen molar-refractivity contribution in [3.8, 4) is 0 Å². The molecule has 0 spiro atoms. The summed E-state index contributed by atoms with van der Waals surface area (Å²) in [6.07, 6.45) is 0. The highest BCUT2D eigenvalue weighted by molar-refractivity contribution is 5.98. The second kappa shape index (κ2) is 8.15. The van der Waals surface area contributed by atoms with Gasteiger partial charge in [0.15, 0.2) is 5.92 Å². The van der Waals surface area contributed by atoms with Crippen LogP contribution in [0, 0.1) is 25.0 Å². The van der Waals surface area contributed by atoms with Gasteiger partial charge in [-0.25, -0.2) is 9.30 Å². The Labute approximate surface area is 186 Å². The van der Waals surface area contributed by atoms with E-state index in [9.17, 15) is 14.8 Å². The van der Waals surface area contributed by atoms with E-state index in [4.69, 9.17) is 9.47 Å². The fraction of sp³-hybridized carbons (Fsp3) is 0.320. The summed E-state index contributed by atoms with van der Waals surface area (Å²) >= 11 is 0. The minimum atomic E-state index is -1.35. The summed E-state index contributed by atoms with van der Waals surface area (Å²) in [4.78, 5) is 26.1. The van der Waals surface area contributed by atoms with Gasteiger partial charge in [0.1, 0.15) is 23.9 Å². The van der Waals surface area contributed by atoms with Gasteiger partial charge in [-0.05, 0) is 11.1 Å². The van der Waals surface area contributed by atoms with E-state index in [1.54, 1.807) is 19.1 Å². The second-order valence-corrected chi connectivity index (χ2v) is 8.50. The maximum absolute atomic E-state index is 13.4. The minimum absolute atomic E-state index is 0.300. The van der Waals surface area contributed by atoms with E-state index in [-0.39, 0.29) is 0 Å². The Hall–Kier alpha value is -3.61. The molecule has 0 amide bonds. The highest BCUT2D eigenvalue weighted by atomic mass is 16.7. The first-order valence-corrected chi connectivity index (χ1v) is 10.5. The van der Waals surface area contributed by atoms with Gasteiger partial charge in [-0.2, -0.15) is 0 Å². The molecular weight excluding hydrogens is 408 g/mol. The zero-order chi connectivity index (χ0) is 23.0. The first-order valence-electron chi connectivity index (χ1n) is 10.5. The maximum atomic E-state index is 13.4. The van der Waals surface area contributed by atoms with Gasteiger partial charge in [0.25, 0.3) is 11.6 Å². The van der Waals surface area contributed by atoms with Crippen LogP contribution in [-0.4, -0.2) is 22.3 Å². The average Bonchev–Trinajstić information content (AvgIpc) is 2.95. The van der Waals surface area contributed by atoms with Crippen molar-refractivity contribution in [1.29, 1.82) is 0 Å². The molecule has 1 fully saturated rings. The van der Waals surface area contributed by atoms with Crippen molar-refractivity contribution < 1.29 is 23.8 Å². The van der Waals surface area contributed by atoms with Gasteiger partial charge in [0, 0.05) is 27.7 Å². The SMILES string of the molecule is Cc1c(C)[n+]([O-])c([C@H](c2ccccc2)C2C(=O)OC(C)(C)OC2=O)n1Cc1ccccc1. The molecule has 2 aromatic carbocycles. The van der Waals surface area contributed by atoms with Crippen molar-refractivity contribution in [3.63, 3.8) is 0 Å². The number of aromatic nitrogens is 2. The molecule has 3 aromatic rings. The van der Waals surface area contributed by atoms with Crippen LogP contribution >= 0.6 is 0 Å². The van der Waals surface area contributed by atoms with E-state index >= 15 is 0 Å². The van der Waals surface area contributed by atoms with Crippen molar-refractivity contribution >= 4 is 11.9 Å². The third-order valence-corrected chi connectivity index (χ3v) is 5.87. The molecule has 4 rings (SSSR count). The summed E-state index contributed by atoms with van der Waals surface area (Å²) in [5.74, 6) is -4.63. The molecule has 0 saturated carbocycles. The molecule has 7 nitrogen and oxygen atoms in total. The Morgan fingerprint density at radius 3 is 2.06 bits per heavy atom. The van der Waals surface area contributed by atoms with Crippen molar-refractivity contribution in [1.82, 2.24) is 4.57 Å². The van der Waals surface area contributed by atoms with Crippen LogP contribution in [0.4, 0.5) is 0 Å². The number of benzene rings is 2. The Morgan fingerprint density at radius 1 is 0.969 bits per heavy atom. The van der Waals surface area contributed by atoms with Crippen molar-refractivity contribution in [3.05, 3.63) is 94.2 Å². The summed E-state index contributed by atoms with van der Waals surface area (Å²) in [6, 6.07) is 18.8. The predicted molar refractivity (Wildman–Crippen MR) is 116 cm³/mol. The van der Waals surface area contributed by atoms with Gasteiger partial charge in [-0.3, -0.25) is 9.59 Å². The molecule has 0 unspecified atom stereocenters. The molecule has 1 aliphatic heterocycles. The fourth-order valence-electron chi connectivity index (χ4n) is 4.21. The zero-order valence-corrected chi connectivity index (χ0v) is 18.6. The van der Waals surface area contributed by atoms with Crippen molar-refractivity contribution in [2.75, 3.05) is 0 Å². The number of hydrogen-bond donors (Lipinski definition) is 0. The van der Waals surface area contributed by atoms with Gasteiger partial charge >= 0.3 is 11.9 Å². The average molecular weight is 434 g/mol. The third kappa shape index (κ3) is 3.86. The normalized spacial score (nSPS) is 17.0. The number of hydrogen-bond acceptors (Lipinski definition) is 5. The standard InChI is InChI=1S/C25H26N2O5/c1-16-17(2)27(30)22(26(16)15-18-11-7-5-8-12-18)20(19-13-9-6-10-14-19)21-23(28)31-25(3,4)32-24(21)29/h5-14,20-21H,15H2,1-4H3/t20-/m1/s1. The minimum Gasteiger partial charge on any atom is -0.711 e. The Kier molecular flexibility index (Phi) is 5.50. The number of nitrogens with zero attached hydrogens (tertiary/aromatic N) is 2. The molecule has 0 radical (unpaired) electrons. The van der Waals surface area contributed by atoms with Crippen molar-refractivity contribution in [2.45, 2.75) is 45.9 Å². The first kappa shape index (κ1) is 21.6. The van der Waals surface area contributed by atoms with E-state index in [1.165, 1.54) is 13.8 Å². The number of cyclic esters (lactones) is 2. The molecule has 1 aliphatic rings. The Bertz CT molecular complexity index is 1130. The van der Waals surface area contributed by atoms with E-state index in [0.717, 1.165) is 16.0 Å². The van der Waals surface area contributed by atoms with Crippen LogP contribution < -0.4 is 4.73 Å². The number of imidazole rings is 1. The molecular formula is C25H26N2O5. The third-order valence-electron chi connectivity index (χ3n) is 5.87. The van der Waals surface area contributed by atoms with Gasteiger partial charge in [-0.1, -0.05) is 60.7 Å². The van der Waals surface area contributed by atoms with E-state index in [2.05, 4.69) is 0 Å². The van der Waals surface area contributed by atoms with Crippen LogP contribution in [0.15, 0.2) is 60.7 Å². The molecule has 166 valence electrons. The monoisotopic (exact) mass is 434 g/mol. The quantitative estimate of drug-likeness (QED) is 0.266. The molecule has 0 N–H and O–H groups in total. The first-order chi connectivity index (χ1) is 15.2. The summed E-state index contributed by atoms with van der Waals surface area (Å²) in [5.41, 5.74) is 2.92. The maximum Gasteiger partial charge on any atom is 0.324 e. The van der Waals surface area contributed by atoms with Crippen molar-refractivity contribution in [2.24, 2.45) is 5.92 Å². The van der Waals surface area contributed by atoms with E-state index in [0.29, 0.717) is 23.6 Å². The Balaban J connectivity index is 1.91. The van der Waals surface area contributed by atoms with Crippen LogP contribution in [0.3, 0.4) is 0 Å². The molecule has 1 aromatic heterocycles. The molecule has 1 atom stereocenters.